The standard InChI is InChI=1S/C24H28N4O2/c1-18-5-7-20-14-21(24(29-3)26-23(20)13-18)15-28(16-22-8-6-19(2)30-22)11-4-10-27-12-9-25-17-27/h5-9,12-14,17H,4,10-11,15-16H2,1-3H3. The molecular weight excluding hydrogens is 376 g/mol. The van der Waals surface area contributed by atoms with E-state index in [-0.39, 0.29) is 0 Å². The van der Waals surface area contributed by atoms with E-state index in [4.69, 9.17) is 14.1 Å². The maximum Gasteiger partial charge on any atom is 0.218 e. The second-order valence-electron chi connectivity index (χ2n) is 7.73. The molecule has 0 spiro atoms. The Hall–Kier alpha value is -3.12. The van der Waals surface area contributed by atoms with Crippen LogP contribution in [0.3, 0.4) is 0 Å². The second kappa shape index (κ2) is 9.13. The van der Waals surface area contributed by atoms with E-state index in [0.717, 1.165) is 60.6 Å². The zero-order valence-corrected chi connectivity index (χ0v) is 17.8. The van der Waals surface area contributed by atoms with Crippen LogP contribution in [0.1, 0.15) is 29.1 Å². The largest absolute Gasteiger partial charge is 0.481 e. The summed E-state index contributed by atoms with van der Waals surface area (Å²) >= 11 is 0. The van der Waals surface area contributed by atoms with Crippen molar-refractivity contribution in [2.75, 3.05) is 13.7 Å². The molecule has 0 aliphatic heterocycles. The number of fused-ring (bicyclic) bond motifs is 1. The minimum Gasteiger partial charge on any atom is -0.481 e. The van der Waals surface area contributed by atoms with Gasteiger partial charge in [-0.2, -0.15) is 0 Å². The van der Waals surface area contributed by atoms with E-state index in [0.29, 0.717) is 5.88 Å². The summed E-state index contributed by atoms with van der Waals surface area (Å²) < 4.78 is 13.6. The summed E-state index contributed by atoms with van der Waals surface area (Å²) in [5.74, 6) is 2.59. The number of benzene rings is 1. The molecule has 0 saturated carbocycles. The summed E-state index contributed by atoms with van der Waals surface area (Å²) in [7, 11) is 1.69. The molecule has 4 aromatic rings. The van der Waals surface area contributed by atoms with Crippen molar-refractivity contribution in [3.8, 4) is 5.88 Å². The summed E-state index contributed by atoms with van der Waals surface area (Å²) in [5.41, 5.74) is 3.24. The van der Waals surface area contributed by atoms with Crippen molar-refractivity contribution in [1.82, 2.24) is 19.4 Å². The quantitative estimate of drug-likeness (QED) is 0.403. The second-order valence-corrected chi connectivity index (χ2v) is 7.73. The SMILES string of the molecule is COc1nc2cc(C)ccc2cc1CN(CCCn1ccnc1)Cc1ccc(C)o1. The van der Waals surface area contributed by atoms with Crippen LogP contribution in [-0.2, 0) is 19.6 Å². The van der Waals surface area contributed by atoms with E-state index in [1.165, 1.54) is 5.56 Å². The van der Waals surface area contributed by atoms with Crippen molar-refractivity contribution in [3.05, 3.63) is 77.8 Å². The fourth-order valence-corrected chi connectivity index (χ4v) is 3.73. The van der Waals surface area contributed by atoms with Crippen molar-refractivity contribution in [3.63, 3.8) is 0 Å². The van der Waals surface area contributed by atoms with E-state index < -0.39 is 0 Å². The van der Waals surface area contributed by atoms with Crippen LogP contribution >= 0.6 is 0 Å². The first-order valence-electron chi connectivity index (χ1n) is 10.3. The molecule has 0 amide bonds. The van der Waals surface area contributed by atoms with Crippen molar-refractivity contribution in [2.45, 2.75) is 39.9 Å². The Morgan fingerprint density at radius 2 is 2.00 bits per heavy atom. The molecule has 3 aromatic heterocycles. The smallest absolute Gasteiger partial charge is 0.218 e. The molecule has 3 heterocycles. The van der Waals surface area contributed by atoms with Gasteiger partial charge in [-0.3, -0.25) is 4.90 Å². The molecule has 0 atom stereocenters. The van der Waals surface area contributed by atoms with Crippen molar-refractivity contribution in [2.24, 2.45) is 0 Å². The number of aryl methyl sites for hydroxylation is 3. The molecular formula is C24H28N4O2. The minimum absolute atomic E-state index is 0.684. The summed E-state index contributed by atoms with van der Waals surface area (Å²) in [6.07, 6.45) is 6.69. The van der Waals surface area contributed by atoms with Crippen LogP contribution in [-0.4, -0.2) is 33.1 Å². The van der Waals surface area contributed by atoms with Crippen molar-refractivity contribution in [1.29, 1.82) is 0 Å². The predicted octanol–water partition coefficient (Wildman–Crippen LogP) is 4.74. The van der Waals surface area contributed by atoms with Gasteiger partial charge in [0.05, 0.1) is 25.5 Å². The molecule has 6 nitrogen and oxygen atoms in total. The van der Waals surface area contributed by atoms with Gasteiger partial charge in [-0.1, -0.05) is 12.1 Å². The fourth-order valence-electron chi connectivity index (χ4n) is 3.73. The van der Waals surface area contributed by atoms with Gasteiger partial charge in [0.2, 0.25) is 5.88 Å². The summed E-state index contributed by atoms with van der Waals surface area (Å²) in [6.45, 7) is 7.39. The van der Waals surface area contributed by atoms with Crippen molar-refractivity contribution >= 4 is 10.9 Å². The number of ether oxygens (including phenoxy) is 1. The first kappa shape index (κ1) is 20.2. The number of nitrogens with zero attached hydrogens (tertiary/aromatic N) is 4. The lowest BCUT2D eigenvalue weighted by atomic mass is 10.1. The highest BCUT2D eigenvalue weighted by molar-refractivity contribution is 5.80. The number of furan rings is 1. The first-order chi connectivity index (χ1) is 14.6. The maximum atomic E-state index is 5.84. The van der Waals surface area contributed by atoms with Gasteiger partial charge in [0, 0.05) is 43.0 Å². The maximum absolute atomic E-state index is 5.84. The van der Waals surface area contributed by atoms with Crippen LogP contribution in [0.4, 0.5) is 0 Å². The normalized spacial score (nSPS) is 11.5. The molecule has 4 rings (SSSR count). The lowest BCUT2D eigenvalue weighted by Gasteiger charge is -2.22. The van der Waals surface area contributed by atoms with Gasteiger partial charge in [-0.25, -0.2) is 9.97 Å². The first-order valence-corrected chi connectivity index (χ1v) is 10.3. The number of imidazole rings is 1. The average molecular weight is 405 g/mol. The highest BCUT2D eigenvalue weighted by atomic mass is 16.5. The number of hydrogen-bond acceptors (Lipinski definition) is 5. The van der Waals surface area contributed by atoms with Gasteiger partial charge in [-0.05, 0) is 50.1 Å². The number of aromatic nitrogens is 3. The summed E-state index contributed by atoms with van der Waals surface area (Å²) in [4.78, 5) is 11.3. The number of methoxy groups -OCH3 is 1. The van der Waals surface area contributed by atoms with Crippen LogP contribution in [0.2, 0.25) is 0 Å². The van der Waals surface area contributed by atoms with Crippen LogP contribution < -0.4 is 4.74 Å². The molecule has 0 aliphatic carbocycles. The lowest BCUT2D eigenvalue weighted by Crippen LogP contribution is -2.25. The molecule has 0 saturated heterocycles. The average Bonchev–Trinajstić information content (AvgIpc) is 3.39. The van der Waals surface area contributed by atoms with Crippen LogP contribution in [0.5, 0.6) is 5.88 Å². The highest BCUT2D eigenvalue weighted by Crippen LogP contribution is 2.25. The van der Waals surface area contributed by atoms with E-state index in [2.05, 4.69) is 51.7 Å². The molecule has 0 unspecified atom stereocenters. The number of rotatable bonds is 9. The monoisotopic (exact) mass is 404 g/mol. The Kier molecular flexibility index (Phi) is 6.14. The van der Waals surface area contributed by atoms with E-state index >= 15 is 0 Å². The van der Waals surface area contributed by atoms with E-state index in [9.17, 15) is 0 Å². The van der Waals surface area contributed by atoms with Gasteiger partial charge < -0.3 is 13.7 Å². The van der Waals surface area contributed by atoms with Crippen LogP contribution in [0.15, 0.2) is 59.5 Å². The van der Waals surface area contributed by atoms with Crippen molar-refractivity contribution < 1.29 is 9.15 Å². The molecule has 0 N–H and O–H groups in total. The van der Waals surface area contributed by atoms with Gasteiger partial charge in [0.1, 0.15) is 11.5 Å². The third kappa shape index (κ3) is 4.89. The van der Waals surface area contributed by atoms with E-state index in [1.807, 2.05) is 31.7 Å². The molecule has 0 aliphatic rings. The third-order valence-electron chi connectivity index (χ3n) is 5.22. The van der Waals surface area contributed by atoms with Gasteiger partial charge in [-0.15, -0.1) is 0 Å². The minimum atomic E-state index is 0.684. The number of hydrogen-bond donors (Lipinski definition) is 0. The van der Waals surface area contributed by atoms with Gasteiger partial charge in [0.25, 0.3) is 0 Å². The Balaban J connectivity index is 1.55. The summed E-state index contributed by atoms with van der Waals surface area (Å²) in [6, 6.07) is 12.6. The molecule has 6 heteroatoms. The summed E-state index contributed by atoms with van der Waals surface area (Å²) in [5, 5.41) is 1.13. The van der Waals surface area contributed by atoms with E-state index in [1.54, 1.807) is 7.11 Å². The zero-order valence-electron chi connectivity index (χ0n) is 17.8. The molecule has 0 bridgehead atoms. The third-order valence-corrected chi connectivity index (χ3v) is 5.22. The number of pyridine rings is 1. The lowest BCUT2D eigenvalue weighted by molar-refractivity contribution is 0.224. The Morgan fingerprint density at radius 3 is 2.73 bits per heavy atom. The predicted molar refractivity (Wildman–Crippen MR) is 117 cm³/mol. The molecule has 156 valence electrons. The molecule has 0 fully saturated rings. The fraction of sp³-hybridized carbons (Fsp3) is 0.333. The van der Waals surface area contributed by atoms with Crippen LogP contribution in [0, 0.1) is 13.8 Å². The topological polar surface area (TPSA) is 56.3 Å². The Bertz CT molecular complexity index is 1100. The van der Waals surface area contributed by atoms with Crippen LogP contribution in [0.25, 0.3) is 10.9 Å². The Labute approximate surface area is 177 Å². The highest BCUT2D eigenvalue weighted by Gasteiger charge is 2.15. The molecule has 30 heavy (non-hydrogen) atoms. The zero-order chi connectivity index (χ0) is 20.9. The van der Waals surface area contributed by atoms with Gasteiger partial charge in [0.15, 0.2) is 0 Å². The van der Waals surface area contributed by atoms with Gasteiger partial charge >= 0.3 is 0 Å². The Morgan fingerprint density at radius 1 is 1.10 bits per heavy atom. The molecule has 1 aromatic carbocycles. The molecule has 0 radical (unpaired) electrons.